The number of unbranched alkanes of at least 4 members (excludes halogenated alkanes) is 2. The van der Waals surface area contributed by atoms with Gasteiger partial charge in [-0.15, -0.1) is 0 Å². The van der Waals surface area contributed by atoms with Crippen LogP contribution in [0.15, 0.2) is 24.3 Å². The number of aryl methyl sites for hydroxylation is 2. The van der Waals surface area contributed by atoms with Crippen LogP contribution in [0, 0.1) is 36.5 Å². The van der Waals surface area contributed by atoms with Gasteiger partial charge in [-0.25, -0.2) is 0 Å². The largest absolute Gasteiger partial charge is 0.491 e. The summed E-state index contributed by atoms with van der Waals surface area (Å²) in [6, 6.07) is 12.8. The fourth-order valence-corrected chi connectivity index (χ4v) is 3.60. The van der Waals surface area contributed by atoms with Crippen LogP contribution in [0.3, 0.4) is 0 Å². The molecule has 0 aromatic heterocycles. The molecule has 0 aliphatic rings. The van der Waals surface area contributed by atoms with E-state index in [0.717, 1.165) is 47.2 Å². The summed E-state index contributed by atoms with van der Waals surface area (Å²) in [6.45, 7) is 9.39. The highest BCUT2D eigenvalue weighted by atomic mass is 16.5. The molecule has 0 atom stereocenters. The van der Waals surface area contributed by atoms with E-state index in [1.807, 2.05) is 0 Å². The Bertz CT molecular complexity index is 1070. The van der Waals surface area contributed by atoms with Gasteiger partial charge < -0.3 is 9.47 Å². The molecule has 4 nitrogen and oxygen atoms in total. The third kappa shape index (κ3) is 4.05. The normalized spacial score (nSPS) is 10.7. The average molecular weight is 401 g/mol. The van der Waals surface area contributed by atoms with Crippen LogP contribution in [0.2, 0.25) is 0 Å². The summed E-state index contributed by atoms with van der Waals surface area (Å²) in [4.78, 5) is 0. The van der Waals surface area contributed by atoms with E-state index in [1.54, 1.807) is 0 Å². The van der Waals surface area contributed by atoms with Gasteiger partial charge in [0.1, 0.15) is 34.8 Å². The highest BCUT2D eigenvalue weighted by Crippen LogP contribution is 2.42. The molecule has 0 amide bonds. The van der Waals surface area contributed by atoms with Crippen molar-refractivity contribution in [2.45, 2.75) is 53.4 Å². The van der Waals surface area contributed by atoms with Crippen molar-refractivity contribution in [3.05, 3.63) is 46.5 Å². The maximum Gasteiger partial charge on any atom is 0.146 e. The van der Waals surface area contributed by atoms with Crippen molar-refractivity contribution < 1.29 is 9.47 Å². The van der Waals surface area contributed by atoms with E-state index in [9.17, 15) is 10.5 Å². The highest BCUT2D eigenvalue weighted by molar-refractivity contribution is 6.06. The molecule has 154 valence electrons. The molecule has 0 radical (unpaired) electrons. The summed E-state index contributed by atoms with van der Waals surface area (Å²) >= 11 is 0. The Morgan fingerprint density at radius 3 is 1.43 bits per heavy atom. The van der Waals surface area contributed by atoms with Gasteiger partial charge in [0.15, 0.2) is 0 Å². The van der Waals surface area contributed by atoms with Crippen LogP contribution in [-0.2, 0) is 0 Å². The van der Waals surface area contributed by atoms with E-state index < -0.39 is 0 Å². The predicted octanol–water partition coefficient (Wildman–Crippen LogP) is 6.71. The molecule has 0 N–H and O–H groups in total. The van der Waals surface area contributed by atoms with Gasteiger partial charge >= 0.3 is 0 Å². The van der Waals surface area contributed by atoms with Crippen molar-refractivity contribution >= 4 is 21.5 Å². The first kappa shape index (κ1) is 21.5. The van der Waals surface area contributed by atoms with Crippen molar-refractivity contribution in [2.24, 2.45) is 0 Å². The molecule has 0 fully saturated rings. The second-order valence-corrected chi connectivity index (χ2v) is 7.72. The van der Waals surface area contributed by atoms with Gasteiger partial charge in [0.05, 0.1) is 13.2 Å². The van der Waals surface area contributed by atoms with E-state index >= 15 is 0 Å². The fraction of sp³-hybridized carbons (Fsp3) is 0.385. The van der Waals surface area contributed by atoms with Crippen LogP contribution < -0.4 is 9.47 Å². The SMILES string of the molecule is CCCCOc1c(C#N)c(C#N)c(OCCCC)c2cc3cc(C)c(C)cc3cc12. The number of hydrogen-bond donors (Lipinski definition) is 0. The topological polar surface area (TPSA) is 66.0 Å². The number of ether oxygens (including phenoxy) is 2. The quantitative estimate of drug-likeness (QED) is 0.311. The second kappa shape index (κ2) is 9.51. The minimum atomic E-state index is 0.260. The van der Waals surface area contributed by atoms with Crippen molar-refractivity contribution in [3.63, 3.8) is 0 Å². The lowest BCUT2D eigenvalue weighted by molar-refractivity contribution is 0.305. The molecule has 0 bridgehead atoms. The van der Waals surface area contributed by atoms with Gasteiger partial charge in [-0.2, -0.15) is 10.5 Å². The monoisotopic (exact) mass is 400 g/mol. The lowest BCUT2D eigenvalue weighted by Crippen LogP contribution is -2.05. The average Bonchev–Trinajstić information content (AvgIpc) is 2.74. The minimum Gasteiger partial charge on any atom is -0.491 e. The Balaban J connectivity index is 2.37. The molecular weight excluding hydrogens is 372 g/mol. The first-order valence-electron chi connectivity index (χ1n) is 10.7. The predicted molar refractivity (Wildman–Crippen MR) is 121 cm³/mol. The van der Waals surface area contributed by atoms with E-state index in [1.165, 1.54) is 11.1 Å². The fourth-order valence-electron chi connectivity index (χ4n) is 3.60. The van der Waals surface area contributed by atoms with Gasteiger partial charge in [0.2, 0.25) is 0 Å². The number of rotatable bonds is 8. The van der Waals surface area contributed by atoms with Crippen LogP contribution in [0.4, 0.5) is 0 Å². The Hall–Kier alpha value is -3.24. The van der Waals surface area contributed by atoms with Crippen LogP contribution in [0.1, 0.15) is 61.8 Å². The summed E-state index contributed by atoms with van der Waals surface area (Å²) in [6.07, 6.45) is 3.75. The summed E-state index contributed by atoms with van der Waals surface area (Å²) in [7, 11) is 0. The molecule has 0 heterocycles. The molecule has 0 spiro atoms. The zero-order chi connectivity index (χ0) is 21.7. The first-order valence-corrected chi connectivity index (χ1v) is 10.7. The van der Waals surface area contributed by atoms with Crippen LogP contribution >= 0.6 is 0 Å². The smallest absolute Gasteiger partial charge is 0.146 e. The maximum absolute atomic E-state index is 9.90. The molecular formula is C26H28N2O2. The number of nitrogens with zero attached hydrogens (tertiary/aromatic N) is 2. The summed E-state index contributed by atoms with van der Waals surface area (Å²) in [5.74, 6) is 0.973. The van der Waals surface area contributed by atoms with Crippen LogP contribution in [0.5, 0.6) is 11.5 Å². The summed E-state index contributed by atoms with van der Waals surface area (Å²) < 4.78 is 12.2. The number of fused-ring (bicyclic) bond motifs is 2. The van der Waals surface area contributed by atoms with E-state index in [2.05, 4.69) is 64.1 Å². The third-order valence-electron chi connectivity index (χ3n) is 5.49. The molecule has 0 aliphatic carbocycles. The zero-order valence-electron chi connectivity index (χ0n) is 18.3. The van der Waals surface area contributed by atoms with Crippen LogP contribution in [-0.4, -0.2) is 13.2 Å². The molecule has 0 saturated carbocycles. The second-order valence-electron chi connectivity index (χ2n) is 7.72. The standard InChI is InChI=1S/C26H28N2O2/c1-5-7-9-29-25-21-13-19-11-17(3)18(4)12-20(19)14-22(21)26(30-10-8-6-2)24(16-28)23(25)15-27/h11-14H,5-10H2,1-4H3. The molecule has 4 heteroatoms. The van der Waals surface area contributed by atoms with Gasteiger partial charge in [-0.3, -0.25) is 0 Å². The van der Waals surface area contributed by atoms with E-state index in [4.69, 9.17) is 9.47 Å². The lowest BCUT2D eigenvalue weighted by atomic mass is 9.94. The van der Waals surface area contributed by atoms with Crippen molar-refractivity contribution in [2.75, 3.05) is 13.2 Å². The van der Waals surface area contributed by atoms with Crippen molar-refractivity contribution in [1.29, 1.82) is 10.5 Å². The molecule has 0 saturated heterocycles. The lowest BCUT2D eigenvalue weighted by Gasteiger charge is -2.18. The van der Waals surface area contributed by atoms with Gasteiger partial charge in [0.25, 0.3) is 0 Å². The Morgan fingerprint density at radius 1 is 0.700 bits per heavy atom. The Labute approximate surface area is 178 Å². The number of nitriles is 2. The molecule has 3 aromatic rings. The van der Waals surface area contributed by atoms with E-state index in [0.29, 0.717) is 24.7 Å². The number of benzene rings is 3. The van der Waals surface area contributed by atoms with Gasteiger partial charge in [0, 0.05) is 10.8 Å². The molecule has 0 aliphatic heterocycles. The summed E-state index contributed by atoms with van der Waals surface area (Å²) in [5, 5.41) is 23.6. The summed E-state index contributed by atoms with van der Waals surface area (Å²) in [5.41, 5.74) is 2.94. The highest BCUT2D eigenvalue weighted by Gasteiger charge is 2.22. The third-order valence-corrected chi connectivity index (χ3v) is 5.49. The maximum atomic E-state index is 9.90. The molecule has 0 unspecified atom stereocenters. The van der Waals surface area contributed by atoms with E-state index in [-0.39, 0.29) is 11.1 Å². The molecule has 30 heavy (non-hydrogen) atoms. The van der Waals surface area contributed by atoms with Gasteiger partial charge in [-0.05, 0) is 60.7 Å². The Kier molecular flexibility index (Phi) is 6.80. The number of hydrogen-bond acceptors (Lipinski definition) is 4. The van der Waals surface area contributed by atoms with Crippen molar-refractivity contribution in [3.8, 4) is 23.6 Å². The first-order chi connectivity index (χ1) is 14.5. The Morgan fingerprint density at radius 2 is 1.10 bits per heavy atom. The van der Waals surface area contributed by atoms with Crippen molar-refractivity contribution in [1.82, 2.24) is 0 Å². The van der Waals surface area contributed by atoms with Gasteiger partial charge in [-0.1, -0.05) is 38.8 Å². The van der Waals surface area contributed by atoms with Crippen LogP contribution in [0.25, 0.3) is 21.5 Å². The minimum absolute atomic E-state index is 0.260. The zero-order valence-corrected chi connectivity index (χ0v) is 18.3. The molecule has 3 rings (SSSR count). The molecule has 3 aromatic carbocycles.